The number of hydrogen-bond donors (Lipinski definition) is 1. The monoisotopic (exact) mass is 566 g/mol. The molecular formula is C27H20BrFN2O4S. The van der Waals surface area contributed by atoms with Gasteiger partial charge in [0, 0.05) is 10.0 Å². The molecule has 6 nitrogen and oxygen atoms in total. The van der Waals surface area contributed by atoms with E-state index >= 15 is 0 Å². The maximum absolute atomic E-state index is 13.8. The maximum Gasteiger partial charge on any atom is 0.301 e. The molecule has 5 rings (SSSR count). The molecule has 3 aromatic carbocycles. The number of benzene rings is 3. The number of aliphatic hydroxyl groups is 1. The number of fused-ring (bicyclic) bond motifs is 1. The number of aromatic nitrogens is 1. The summed E-state index contributed by atoms with van der Waals surface area (Å²) in [5, 5.41) is 11.6. The van der Waals surface area contributed by atoms with Crippen LogP contribution in [-0.4, -0.2) is 28.4 Å². The van der Waals surface area contributed by atoms with Crippen LogP contribution in [0.5, 0.6) is 5.75 Å². The quantitative estimate of drug-likeness (QED) is 0.161. The first-order chi connectivity index (χ1) is 17.4. The van der Waals surface area contributed by atoms with Crippen molar-refractivity contribution >= 4 is 60.1 Å². The third-order valence-electron chi connectivity index (χ3n) is 5.76. The number of anilines is 1. The first-order valence-electron chi connectivity index (χ1n) is 11.2. The topological polar surface area (TPSA) is 79.7 Å². The van der Waals surface area contributed by atoms with Gasteiger partial charge in [-0.3, -0.25) is 14.5 Å². The van der Waals surface area contributed by atoms with E-state index in [0.29, 0.717) is 33.7 Å². The van der Waals surface area contributed by atoms with Gasteiger partial charge < -0.3 is 9.84 Å². The van der Waals surface area contributed by atoms with Gasteiger partial charge in [-0.2, -0.15) is 0 Å². The van der Waals surface area contributed by atoms with Gasteiger partial charge in [-0.1, -0.05) is 58.5 Å². The van der Waals surface area contributed by atoms with E-state index in [1.54, 1.807) is 48.5 Å². The number of Topliss-reactive ketones (excluding diaryl/α,β-unsaturated/α-hetero) is 1. The summed E-state index contributed by atoms with van der Waals surface area (Å²) in [5.74, 6) is -1.83. The summed E-state index contributed by atoms with van der Waals surface area (Å²) in [5.41, 5.74) is 1.42. The Labute approximate surface area is 218 Å². The Bertz CT molecular complexity index is 1520. The Morgan fingerprint density at radius 2 is 1.92 bits per heavy atom. The van der Waals surface area contributed by atoms with E-state index in [0.717, 1.165) is 22.2 Å². The average Bonchev–Trinajstić information content (AvgIpc) is 3.40. The molecule has 1 fully saturated rings. The van der Waals surface area contributed by atoms with Crippen LogP contribution in [0.15, 0.2) is 76.8 Å². The Morgan fingerprint density at radius 1 is 1.14 bits per heavy atom. The molecule has 1 unspecified atom stereocenters. The van der Waals surface area contributed by atoms with Crippen LogP contribution in [0.3, 0.4) is 0 Å². The van der Waals surface area contributed by atoms with E-state index in [2.05, 4.69) is 20.9 Å². The highest BCUT2D eigenvalue weighted by atomic mass is 79.9. The van der Waals surface area contributed by atoms with Crippen molar-refractivity contribution in [2.24, 2.45) is 0 Å². The van der Waals surface area contributed by atoms with Crippen molar-refractivity contribution in [3.05, 3.63) is 93.7 Å². The Balaban J connectivity index is 1.68. The molecule has 0 saturated carbocycles. The van der Waals surface area contributed by atoms with Crippen LogP contribution in [0.4, 0.5) is 9.52 Å². The van der Waals surface area contributed by atoms with Gasteiger partial charge in [0.2, 0.25) is 0 Å². The minimum absolute atomic E-state index is 0.0552. The van der Waals surface area contributed by atoms with Gasteiger partial charge in [-0.05, 0) is 54.4 Å². The number of rotatable bonds is 6. The van der Waals surface area contributed by atoms with Crippen LogP contribution in [-0.2, 0) is 9.59 Å². The van der Waals surface area contributed by atoms with Crippen molar-refractivity contribution in [1.82, 2.24) is 4.98 Å². The van der Waals surface area contributed by atoms with Crippen LogP contribution in [0.25, 0.3) is 16.0 Å². The number of aliphatic hydroxyl groups excluding tert-OH is 1. The highest BCUT2D eigenvalue weighted by Crippen LogP contribution is 2.44. The summed E-state index contributed by atoms with van der Waals surface area (Å²) in [6, 6.07) is 17.1. The minimum Gasteiger partial charge on any atom is -0.507 e. The van der Waals surface area contributed by atoms with Crippen LogP contribution in [0, 0.1) is 5.82 Å². The molecule has 0 bridgehead atoms. The number of hydrogen-bond acceptors (Lipinski definition) is 6. The second-order valence-corrected chi connectivity index (χ2v) is 10.1. The van der Waals surface area contributed by atoms with Gasteiger partial charge in [-0.15, -0.1) is 0 Å². The highest BCUT2D eigenvalue weighted by molar-refractivity contribution is 9.10. The molecule has 9 heteroatoms. The zero-order valence-electron chi connectivity index (χ0n) is 19.1. The molecule has 1 N–H and O–H groups in total. The van der Waals surface area contributed by atoms with Gasteiger partial charge in [-0.25, -0.2) is 9.37 Å². The van der Waals surface area contributed by atoms with Gasteiger partial charge in [0.15, 0.2) is 5.13 Å². The molecular weight excluding hydrogens is 547 g/mol. The van der Waals surface area contributed by atoms with Gasteiger partial charge in [0.1, 0.15) is 17.3 Å². The summed E-state index contributed by atoms with van der Waals surface area (Å²) >= 11 is 4.51. The number of carbonyl (C=O) groups is 2. The first kappa shape index (κ1) is 24.1. The zero-order valence-corrected chi connectivity index (χ0v) is 21.5. The number of nitrogens with zero attached hydrogens (tertiary/aromatic N) is 2. The van der Waals surface area contributed by atoms with Gasteiger partial charge in [0.25, 0.3) is 5.78 Å². The van der Waals surface area contributed by atoms with Gasteiger partial charge >= 0.3 is 5.91 Å². The van der Waals surface area contributed by atoms with Crippen molar-refractivity contribution in [1.29, 1.82) is 0 Å². The van der Waals surface area contributed by atoms with Crippen LogP contribution < -0.4 is 9.64 Å². The normalized spacial score (nSPS) is 17.2. The van der Waals surface area contributed by atoms with Crippen molar-refractivity contribution < 1.29 is 23.8 Å². The molecule has 1 aliphatic heterocycles. The molecule has 1 aliphatic rings. The number of ether oxygens (including phenoxy) is 1. The molecule has 0 aliphatic carbocycles. The molecule has 1 saturated heterocycles. The molecule has 0 spiro atoms. The molecule has 1 amide bonds. The molecule has 36 heavy (non-hydrogen) atoms. The van der Waals surface area contributed by atoms with E-state index in [9.17, 15) is 19.1 Å². The fourth-order valence-corrected chi connectivity index (χ4v) is 5.37. The lowest BCUT2D eigenvalue weighted by Crippen LogP contribution is -2.29. The SMILES string of the molecule is CCCOc1cccc(C(O)=C2C(=O)C(=O)N(c3nc4ccc(F)cc4s3)C2c2ccc(Br)cc2)c1. The van der Waals surface area contributed by atoms with E-state index in [1.165, 1.54) is 23.1 Å². The summed E-state index contributed by atoms with van der Waals surface area (Å²) in [6.07, 6.45) is 0.816. The fraction of sp³-hybridized carbons (Fsp3) is 0.148. The van der Waals surface area contributed by atoms with Crippen LogP contribution in [0.2, 0.25) is 0 Å². The van der Waals surface area contributed by atoms with E-state index in [1.807, 2.05) is 6.92 Å². The van der Waals surface area contributed by atoms with Crippen LogP contribution >= 0.6 is 27.3 Å². The summed E-state index contributed by atoms with van der Waals surface area (Å²) in [6.45, 7) is 2.49. The maximum atomic E-state index is 13.8. The summed E-state index contributed by atoms with van der Waals surface area (Å²) in [7, 11) is 0. The lowest BCUT2D eigenvalue weighted by Gasteiger charge is -2.23. The number of ketones is 1. The summed E-state index contributed by atoms with van der Waals surface area (Å²) < 4.78 is 20.8. The largest absolute Gasteiger partial charge is 0.507 e. The third kappa shape index (κ3) is 4.40. The predicted octanol–water partition coefficient (Wildman–Crippen LogP) is 6.61. The number of thiazole rings is 1. The van der Waals surface area contributed by atoms with Crippen LogP contribution in [0.1, 0.15) is 30.5 Å². The number of carbonyl (C=O) groups excluding carboxylic acids is 2. The number of amides is 1. The lowest BCUT2D eigenvalue weighted by molar-refractivity contribution is -0.132. The minimum atomic E-state index is -0.927. The van der Waals surface area contributed by atoms with Crippen molar-refractivity contribution in [2.45, 2.75) is 19.4 Å². The van der Waals surface area contributed by atoms with E-state index in [4.69, 9.17) is 4.74 Å². The highest BCUT2D eigenvalue weighted by Gasteiger charge is 2.48. The standard InChI is InChI=1S/C27H20BrFN2O4S/c1-2-12-35-19-5-3-4-16(13-19)24(32)22-23(15-6-8-17(28)9-7-15)31(26(34)25(22)33)27-30-20-11-10-18(29)14-21(20)36-27/h3-11,13-14,23,32H,2,12H2,1H3. The molecule has 2 heterocycles. The molecule has 1 aromatic heterocycles. The number of halogens is 2. The van der Waals surface area contributed by atoms with Gasteiger partial charge in [0.05, 0.1) is 28.4 Å². The lowest BCUT2D eigenvalue weighted by atomic mass is 9.95. The Kier molecular flexibility index (Phi) is 6.59. The van der Waals surface area contributed by atoms with Crippen molar-refractivity contribution in [2.75, 3.05) is 11.5 Å². The molecule has 4 aromatic rings. The Hall–Kier alpha value is -3.56. The second kappa shape index (κ2) is 9.83. The fourth-order valence-electron chi connectivity index (χ4n) is 4.09. The second-order valence-electron chi connectivity index (χ2n) is 8.21. The molecule has 1 atom stereocenters. The smallest absolute Gasteiger partial charge is 0.301 e. The molecule has 182 valence electrons. The van der Waals surface area contributed by atoms with Crippen molar-refractivity contribution in [3.63, 3.8) is 0 Å². The third-order valence-corrected chi connectivity index (χ3v) is 7.30. The van der Waals surface area contributed by atoms with Crippen molar-refractivity contribution in [3.8, 4) is 5.75 Å². The summed E-state index contributed by atoms with van der Waals surface area (Å²) in [4.78, 5) is 32.5. The van der Waals surface area contributed by atoms with E-state index < -0.39 is 23.5 Å². The molecule has 0 radical (unpaired) electrons. The van der Waals surface area contributed by atoms with E-state index in [-0.39, 0.29) is 16.5 Å². The zero-order chi connectivity index (χ0) is 25.4. The Morgan fingerprint density at radius 3 is 2.67 bits per heavy atom. The first-order valence-corrected chi connectivity index (χ1v) is 12.8. The average molecular weight is 567 g/mol. The predicted molar refractivity (Wildman–Crippen MR) is 141 cm³/mol.